The Balaban J connectivity index is 1.68. The average Bonchev–Trinajstić information content (AvgIpc) is 3.33. The molecular formula is C17H19N9O3. The number of nitrogens with one attached hydrogen (secondary N) is 4. The number of hydrogen-bond donors (Lipinski definition) is 4. The van der Waals surface area contributed by atoms with Crippen molar-refractivity contribution >= 4 is 40.2 Å². The molecule has 3 heterocycles. The van der Waals surface area contributed by atoms with Crippen molar-refractivity contribution in [2.24, 2.45) is 0 Å². The summed E-state index contributed by atoms with van der Waals surface area (Å²) >= 11 is 0. The van der Waals surface area contributed by atoms with Gasteiger partial charge in [0.2, 0.25) is 5.95 Å². The van der Waals surface area contributed by atoms with Gasteiger partial charge in [-0.15, -0.1) is 5.10 Å². The van der Waals surface area contributed by atoms with Crippen LogP contribution in [0.15, 0.2) is 24.3 Å². The summed E-state index contributed by atoms with van der Waals surface area (Å²) in [6.07, 6.45) is 0. The highest BCUT2D eigenvalue weighted by molar-refractivity contribution is 6.02. The number of hydrogen-bond acceptors (Lipinski definition) is 8. The number of anilines is 3. The maximum atomic E-state index is 12.5. The molecule has 0 bridgehead atoms. The topological polar surface area (TPSA) is 143 Å². The first kappa shape index (κ1) is 18.3. The van der Waals surface area contributed by atoms with Crippen LogP contribution in [-0.4, -0.2) is 56.6 Å². The van der Waals surface area contributed by atoms with Crippen molar-refractivity contribution in [2.45, 2.75) is 6.92 Å². The summed E-state index contributed by atoms with van der Waals surface area (Å²) in [4.78, 5) is 21.2. The zero-order chi connectivity index (χ0) is 20.4. The summed E-state index contributed by atoms with van der Waals surface area (Å²) in [5, 5.41) is 20.5. The van der Waals surface area contributed by atoms with Gasteiger partial charge in [-0.2, -0.15) is 19.6 Å². The van der Waals surface area contributed by atoms with E-state index in [9.17, 15) is 4.79 Å². The fourth-order valence-corrected chi connectivity index (χ4v) is 2.78. The van der Waals surface area contributed by atoms with Gasteiger partial charge in [0.25, 0.3) is 0 Å². The van der Waals surface area contributed by atoms with Gasteiger partial charge in [0.15, 0.2) is 17.1 Å². The Labute approximate surface area is 164 Å². The number of ether oxygens (including phenoxy) is 2. The first-order chi connectivity index (χ1) is 14.1. The Morgan fingerprint density at radius 2 is 1.93 bits per heavy atom. The summed E-state index contributed by atoms with van der Waals surface area (Å²) in [5.41, 5.74) is 1.48. The van der Waals surface area contributed by atoms with Crippen molar-refractivity contribution in [2.75, 3.05) is 36.7 Å². The number of rotatable bonds is 6. The number of H-pyrrole nitrogens is 1. The molecule has 0 fully saturated rings. The van der Waals surface area contributed by atoms with Gasteiger partial charge in [-0.1, -0.05) is 0 Å². The molecule has 12 nitrogen and oxygen atoms in total. The molecule has 0 aliphatic carbocycles. The SMILES string of the molecule is CCNc1n[nH]c2nc(NC(=O)Nc3ccc(OC)cc3)n3nc(OC)nc3c12. The maximum Gasteiger partial charge on any atom is 0.336 e. The highest BCUT2D eigenvalue weighted by Crippen LogP contribution is 2.27. The van der Waals surface area contributed by atoms with Crippen LogP contribution in [0.3, 0.4) is 0 Å². The summed E-state index contributed by atoms with van der Waals surface area (Å²) in [5.74, 6) is 1.43. The lowest BCUT2D eigenvalue weighted by Gasteiger charge is -2.09. The van der Waals surface area contributed by atoms with Crippen molar-refractivity contribution < 1.29 is 14.3 Å². The largest absolute Gasteiger partial charge is 0.497 e. The number of aromatic amines is 1. The van der Waals surface area contributed by atoms with E-state index >= 15 is 0 Å². The van der Waals surface area contributed by atoms with Crippen LogP contribution in [0.2, 0.25) is 0 Å². The Bertz CT molecular complexity index is 1170. The summed E-state index contributed by atoms with van der Waals surface area (Å²) < 4.78 is 11.6. The third-order valence-corrected chi connectivity index (χ3v) is 4.08. The lowest BCUT2D eigenvalue weighted by Crippen LogP contribution is -2.22. The summed E-state index contributed by atoms with van der Waals surface area (Å²) in [6, 6.07) is 6.58. The Morgan fingerprint density at radius 3 is 2.62 bits per heavy atom. The van der Waals surface area contributed by atoms with Gasteiger partial charge in [0.05, 0.1) is 14.2 Å². The van der Waals surface area contributed by atoms with E-state index < -0.39 is 6.03 Å². The van der Waals surface area contributed by atoms with Crippen LogP contribution in [0.1, 0.15) is 6.92 Å². The third-order valence-electron chi connectivity index (χ3n) is 4.08. The molecule has 4 rings (SSSR count). The van der Waals surface area contributed by atoms with Gasteiger partial charge >= 0.3 is 12.0 Å². The molecule has 0 aliphatic rings. The molecule has 12 heteroatoms. The van der Waals surface area contributed by atoms with E-state index in [1.807, 2.05) is 6.92 Å². The second-order valence-electron chi connectivity index (χ2n) is 5.90. The van der Waals surface area contributed by atoms with Gasteiger partial charge in [0.1, 0.15) is 11.1 Å². The Hall–Kier alpha value is -4.09. The van der Waals surface area contributed by atoms with Crippen molar-refractivity contribution in [1.82, 2.24) is 29.8 Å². The number of benzene rings is 1. The second-order valence-corrected chi connectivity index (χ2v) is 5.90. The molecule has 150 valence electrons. The van der Waals surface area contributed by atoms with E-state index in [1.165, 1.54) is 11.6 Å². The minimum absolute atomic E-state index is 0.140. The highest BCUT2D eigenvalue weighted by atomic mass is 16.5. The monoisotopic (exact) mass is 397 g/mol. The maximum absolute atomic E-state index is 12.5. The van der Waals surface area contributed by atoms with E-state index in [0.29, 0.717) is 40.5 Å². The Kier molecular flexibility index (Phi) is 4.73. The van der Waals surface area contributed by atoms with Crippen LogP contribution in [-0.2, 0) is 0 Å². The number of amides is 2. The molecule has 4 aromatic rings. The van der Waals surface area contributed by atoms with Crippen LogP contribution in [0.5, 0.6) is 11.8 Å². The lowest BCUT2D eigenvalue weighted by molar-refractivity contribution is 0.262. The minimum atomic E-state index is -0.496. The fraction of sp³-hybridized carbons (Fsp3) is 0.235. The molecule has 0 spiro atoms. The highest BCUT2D eigenvalue weighted by Gasteiger charge is 2.20. The average molecular weight is 397 g/mol. The van der Waals surface area contributed by atoms with Gasteiger partial charge in [-0.3, -0.25) is 10.4 Å². The van der Waals surface area contributed by atoms with E-state index in [1.54, 1.807) is 31.4 Å². The lowest BCUT2D eigenvalue weighted by atomic mass is 10.3. The molecule has 4 N–H and O–H groups in total. The molecule has 0 saturated carbocycles. The number of urea groups is 1. The van der Waals surface area contributed by atoms with Crippen LogP contribution < -0.4 is 25.4 Å². The smallest absolute Gasteiger partial charge is 0.336 e. The number of methoxy groups -OCH3 is 2. The summed E-state index contributed by atoms with van der Waals surface area (Å²) in [6.45, 7) is 2.62. The standard InChI is InChI=1S/C17H19N9O3/c1-4-18-12-11-13(24-23-12)20-15(26-14(11)21-17(25-26)29-3)22-16(27)19-9-5-7-10(28-2)8-6-9/h5-8H,4H2,1-3H3,(H4,18,19,20,22,23,24,27). The van der Waals surface area contributed by atoms with E-state index in [4.69, 9.17) is 9.47 Å². The zero-order valence-corrected chi connectivity index (χ0v) is 16.0. The molecule has 0 atom stereocenters. The second kappa shape index (κ2) is 7.50. The predicted molar refractivity (Wildman–Crippen MR) is 107 cm³/mol. The molecule has 0 saturated heterocycles. The molecule has 3 aromatic heterocycles. The molecule has 29 heavy (non-hydrogen) atoms. The van der Waals surface area contributed by atoms with Crippen molar-refractivity contribution in [3.63, 3.8) is 0 Å². The van der Waals surface area contributed by atoms with Gasteiger partial charge in [0, 0.05) is 12.2 Å². The number of aromatic nitrogens is 6. The van der Waals surface area contributed by atoms with Crippen LogP contribution in [0.4, 0.5) is 22.2 Å². The van der Waals surface area contributed by atoms with Crippen LogP contribution >= 0.6 is 0 Å². The van der Waals surface area contributed by atoms with Crippen molar-refractivity contribution in [1.29, 1.82) is 0 Å². The van der Waals surface area contributed by atoms with Crippen LogP contribution in [0, 0.1) is 0 Å². The molecule has 0 radical (unpaired) electrons. The number of nitrogens with zero attached hydrogens (tertiary/aromatic N) is 5. The zero-order valence-electron chi connectivity index (χ0n) is 16.0. The van der Waals surface area contributed by atoms with E-state index in [2.05, 4.69) is 41.2 Å². The number of carbonyl (C=O) groups excluding carboxylic acids is 1. The molecule has 0 unspecified atom stereocenters. The molecule has 1 aromatic carbocycles. The van der Waals surface area contributed by atoms with E-state index in [0.717, 1.165) is 0 Å². The quantitative estimate of drug-likeness (QED) is 0.387. The van der Waals surface area contributed by atoms with Crippen molar-refractivity contribution in [3.05, 3.63) is 24.3 Å². The molecular weight excluding hydrogens is 378 g/mol. The van der Waals surface area contributed by atoms with Gasteiger partial charge in [-0.05, 0) is 31.2 Å². The number of fused-ring (bicyclic) bond motifs is 3. The fourth-order valence-electron chi connectivity index (χ4n) is 2.78. The minimum Gasteiger partial charge on any atom is -0.497 e. The number of carbonyl (C=O) groups is 1. The van der Waals surface area contributed by atoms with Gasteiger partial charge in [-0.25, -0.2) is 4.79 Å². The van der Waals surface area contributed by atoms with Gasteiger partial charge < -0.3 is 20.1 Å². The Morgan fingerprint density at radius 1 is 1.14 bits per heavy atom. The molecule has 0 aliphatic heterocycles. The van der Waals surface area contributed by atoms with E-state index in [-0.39, 0.29) is 12.0 Å². The summed E-state index contributed by atoms with van der Waals surface area (Å²) in [7, 11) is 3.04. The first-order valence-electron chi connectivity index (χ1n) is 8.77. The first-order valence-corrected chi connectivity index (χ1v) is 8.77. The predicted octanol–water partition coefficient (Wildman–Crippen LogP) is 2.09. The van der Waals surface area contributed by atoms with Crippen LogP contribution in [0.25, 0.3) is 16.7 Å². The normalized spacial score (nSPS) is 10.9. The molecule has 2 amide bonds. The third kappa shape index (κ3) is 3.42. The van der Waals surface area contributed by atoms with Crippen molar-refractivity contribution in [3.8, 4) is 11.8 Å².